The van der Waals surface area contributed by atoms with Crippen molar-refractivity contribution in [3.8, 4) is 0 Å². The van der Waals surface area contributed by atoms with Gasteiger partial charge >= 0.3 is 0 Å². The number of rotatable bonds is 4. The van der Waals surface area contributed by atoms with Crippen molar-refractivity contribution in [3.63, 3.8) is 0 Å². The lowest BCUT2D eigenvalue weighted by atomic mass is 9.95. The maximum absolute atomic E-state index is 12.1. The first kappa shape index (κ1) is 14.8. The molecule has 1 atom stereocenters. The van der Waals surface area contributed by atoms with Crippen molar-refractivity contribution in [2.24, 2.45) is 11.8 Å². The second kappa shape index (κ2) is 6.77. The van der Waals surface area contributed by atoms with Gasteiger partial charge in [0.15, 0.2) is 0 Å². The Kier molecular flexibility index (Phi) is 4.78. The quantitative estimate of drug-likeness (QED) is 0.809. The monoisotopic (exact) mass is 293 g/mol. The zero-order valence-electron chi connectivity index (χ0n) is 12.8. The largest absolute Gasteiger partial charge is 0.353 e. The highest BCUT2D eigenvalue weighted by Crippen LogP contribution is 2.31. The van der Waals surface area contributed by atoms with Crippen LogP contribution in [0.3, 0.4) is 0 Å². The first-order chi connectivity index (χ1) is 10.2. The molecular weight excluding hydrogens is 266 g/mol. The van der Waals surface area contributed by atoms with Crippen molar-refractivity contribution in [1.29, 1.82) is 0 Å². The molecule has 1 aliphatic carbocycles. The van der Waals surface area contributed by atoms with Crippen LogP contribution >= 0.6 is 0 Å². The van der Waals surface area contributed by atoms with E-state index in [1.54, 1.807) is 0 Å². The summed E-state index contributed by atoms with van der Waals surface area (Å²) in [7, 11) is 0. The van der Waals surface area contributed by atoms with Crippen molar-refractivity contribution in [2.75, 3.05) is 26.2 Å². The average Bonchev–Trinajstić information content (AvgIpc) is 3.33. The van der Waals surface area contributed by atoms with E-state index >= 15 is 0 Å². The maximum atomic E-state index is 12.1. The molecule has 2 N–H and O–H groups in total. The minimum absolute atomic E-state index is 0.190. The Hall–Kier alpha value is -1.10. The number of nitrogens with zero attached hydrogens (tertiary/aromatic N) is 1. The van der Waals surface area contributed by atoms with E-state index in [9.17, 15) is 9.59 Å². The van der Waals surface area contributed by atoms with E-state index in [-0.39, 0.29) is 11.9 Å². The Morgan fingerprint density at radius 3 is 2.48 bits per heavy atom. The van der Waals surface area contributed by atoms with E-state index in [1.165, 1.54) is 6.42 Å². The summed E-state index contributed by atoms with van der Waals surface area (Å²) in [6, 6.07) is 0.261. The Bertz CT molecular complexity index is 381. The van der Waals surface area contributed by atoms with Gasteiger partial charge < -0.3 is 15.5 Å². The second-order valence-corrected chi connectivity index (χ2v) is 6.86. The third-order valence-electron chi connectivity index (χ3n) is 4.97. The molecular formula is C16H27N3O2. The summed E-state index contributed by atoms with van der Waals surface area (Å²) in [6.45, 7) is 3.68. The molecule has 3 fully saturated rings. The normalized spacial score (nSPS) is 27.4. The van der Waals surface area contributed by atoms with Gasteiger partial charge in [0.05, 0.1) is 0 Å². The summed E-state index contributed by atoms with van der Waals surface area (Å²) < 4.78 is 0. The third-order valence-corrected chi connectivity index (χ3v) is 4.97. The van der Waals surface area contributed by atoms with Crippen LogP contribution in [0, 0.1) is 11.8 Å². The van der Waals surface area contributed by atoms with Crippen LogP contribution in [-0.4, -0.2) is 48.9 Å². The van der Waals surface area contributed by atoms with Gasteiger partial charge in [-0.3, -0.25) is 9.59 Å². The molecule has 2 saturated heterocycles. The van der Waals surface area contributed by atoms with Gasteiger partial charge in [0.1, 0.15) is 0 Å². The molecule has 0 aromatic carbocycles. The van der Waals surface area contributed by atoms with Gasteiger partial charge in [-0.2, -0.15) is 0 Å². The van der Waals surface area contributed by atoms with Crippen LogP contribution in [-0.2, 0) is 9.59 Å². The van der Waals surface area contributed by atoms with E-state index in [1.807, 2.05) is 4.90 Å². The molecule has 0 spiro atoms. The highest BCUT2D eigenvalue weighted by molar-refractivity contribution is 5.81. The highest BCUT2D eigenvalue weighted by Gasteiger charge is 2.35. The van der Waals surface area contributed by atoms with Gasteiger partial charge in [-0.15, -0.1) is 0 Å². The maximum Gasteiger partial charge on any atom is 0.225 e. The Morgan fingerprint density at radius 2 is 1.86 bits per heavy atom. The van der Waals surface area contributed by atoms with Crippen LogP contribution in [0.2, 0.25) is 0 Å². The summed E-state index contributed by atoms with van der Waals surface area (Å²) in [4.78, 5) is 26.1. The van der Waals surface area contributed by atoms with Crippen LogP contribution in [0.25, 0.3) is 0 Å². The summed E-state index contributed by atoms with van der Waals surface area (Å²) in [5.41, 5.74) is 0. The molecule has 1 unspecified atom stereocenters. The lowest BCUT2D eigenvalue weighted by molar-refractivity contribution is -0.133. The molecule has 0 bridgehead atoms. The van der Waals surface area contributed by atoms with Crippen molar-refractivity contribution >= 4 is 11.8 Å². The van der Waals surface area contributed by atoms with Crippen molar-refractivity contribution in [2.45, 2.75) is 51.0 Å². The SMILES string of the molecule is O=C(CC1CCCNC1)NC1CCN(C(=O)C2CC2)CC1. The number of hydrogen-bond acceptors (Lipinski definition) is 3. The minimum atomic E-state index is 0.190. The number of carbonyl (C=O) groups excluding carboxylic acids is 2. The fourth-order valence-corrected chi connectivity index (χ4v) is 3.48. The fourth-order valence-electron chi connectivity index (χ4n) is 3.48. The van der Waals surface area contributed by atoms with Crippen LogP contribution < -0.4 is 10.6 Å². The molecule has 0 aromatic heterocycles. The number of hydrogen-bond donors (Lipinski definition) is 2. The fraction of sp³-hybridized carbons (Fsp3) is 0.875. The third kappa shape index (κ3) is 4.19. The molecule has 5 heteroatoms. The van der Waals surface area contributed by atoms with E-state index in [0.29, 0.717) is 24.2 Å². The molecule has 0 aromatic rings. The molecule has 1 saturated carbocycles. The number of nitrogens with one attached hydrogen (secondary N) is 2. The molecule has 2 heterocycles. The smallest absolute Gasteiger partial charge is 0.225 e. The van der Waals surface area contributed by atoms with Gasteiger partial charge in [-0.1, -0.05) is 0 Å². The first-order valence-corrected chi connectivity index (χ1v) is 8.51. The van der Waals surface area contributed by atoms with E-state index < -0.39 is 0 Å². The minimum Gasteiger partial charge on any atom is -0.353 e. The topological polar surface area (TPSA) is 61.4 Å². The molecule has 3 rings (SSSR count). The number of piperidine rings is 2. The molecule has 3 aliphatic rings. The van der Waals surface area contributed by atoms with Gasteiger partial charge in [0.25, 0.3) is 0 Å². The first-order valence-electron chi connectivity index (χ1n) is 8.51. The number of likely N-dealkylation sites (tertiary alicyclic amines) is 1. The van der Waals surface area contributed by atoms with Crippen LogP contribution in [0.1, 0.15) is 44.9 Å². The zero-order chi connectivity index (χ0) is 14.7. The van der Waals surface area contributed by atoms with Crippen LogP contribution in [0.5, 0.6) is 0 Å². The Balaban J connectivity index is 1.36. The summed E-state index contributed by atoms with van der Waals surface area (Å²) >= 11 is 0. The van der Waals surface area contributed by atoms with Crippen molar-refractivity contribution in [3.05, 3.63) is 0 Å². The molecule has 0 radical (unpaired) electrons. The van der Waals surface area contributed by atoms with Crippen molar-refractivity contribution in [1.82, 2.24) is 15.5 Å². The summed E-state index contributed by atoms with van der Waals surface area (Å²) in [5.74, 6) is 1.34. The standard InChI is InChI=1S/C16H27N3O2/c20-15(10-12-2-1-7-17-11-12)18-14-5-8-19(9-6-14)16(21)13-3-4-13/h12-14,17H,1-11H2,(H,18,20). The highest BCUT2D eigenvalue weighted by atomic mass is 16.2. The number of carbonyl (C=O) groups is 2. The lowest BCUT2D eigenvalue weighted by Gasteiger charge is -2.33. The average molecular weight is 293 g/mol. The summed E-state index contributed by atoms with van der Waals surface area (Å²) in [6.07, 6.45) is 6.96. The summed E-state index contributed by atoms with van der Waals surface area (Å²) in [5, 5.41) is 6.52. The molecule has 2 aliphatic heterocycles. The van der Waals surface area contributed by atoms with E-state index in [0.717, 1.165) is 58.3 Å². The zero-order valence-corrected chi connectivity index (χ0v) is 12.8. The van der Waals surface area contributed by atoms with Gasteiger partial charge in [0.2, 0.25) is 11.8 Å². The van der Waals surface area contributed by atoms with Crippen LogP contribution in [0.4, 0.5) is 0 Å². The second-order valence-electron chi connectivity index (χ2n) is 6.86. The predicted octanol–water partition coefficient (Wildman–Crippen LogP) is 0.893. The van der Waals surface area contributed by atoms with Crippen molar-refractivity contribution < 1.29 is 9.59 Å². The van der Waals surface area contributed by atoms with Gasteiger partial charge in [-0.25, -0.2) is 0 Å². The molecule has 5 nitrogen and oxygen atoms in total. The van der Waals surface area contributed by atoms with Gasteiger partial charge in [-0.05, 0) is 57.5 Å². The van der Waals surface area contributed by atoms with E-state index in [4.69, 9.17) is 0 Å². The molecule has 118 valence electrons. The molecule has 21 heavy (non-hydrogen) atoms. The Morgan fingerprint density at radius 1 is 1.10 bits per heavy atom. The van der Waals surface area contributed by atoms with E-state index in [2.05, 4.69) is 10.6 Å². The van der Waals surface area contributed by atoms with Crippen LogP contribution in [0.15, 0.2) is 0 Å². The lowest BCUT2D eigenvalue weighted by Crippen LogP contribution is -2.47. The number of amides is 2. The molecule has 2 amide bonds. The van der Waals surface area contributed by atoms with Gasteiger partial charge in [0, 0.05) is 31.5 Å². The predicted molar refractivity (Wildman–Crippen MR) is 80.7 cm³/mol. The Labute approximate surface area is 126 Å².